The monoisotopic (exact) mass is 336 g/mol. The van der Waals surface area contributed by atoms with Crippen molar-refractivity contribution < 1.29 is 4.79 Å². The number of imidazole rings is 1. The van der Waals surface area contributed by atoms with E-state index in [9.17, 15) is 4.79 Å². The van der Waals surface area contributed by atoms with Crippen molar-refractivity contribution in [3.63, 3.8) is 0 Å². The Morgan fingerprint density at radius 2 is 1.88 bits per heavy atom. The van der Waals surface area contributed by atoms with Crippen LogP contribution < -0.4 is 10.6 Å². The zero-order valence-corrected chi connectivity index (χ0v) is 14.2. The number of carbonyl (C=O) groups excluding carboxylic acids is 1. The quantitative estimate of drug-likeness (QED) is 0.720. The van der Waals surface area contributed by atoms with Gasteiger partial charge in [0.15, 0.2) is 0 Å². The molecule has 0 unspecified atom stereocenters. The van der Waals surface area contributed by atoms with Crippen LogP contribution in [0, 0.1) is 6.92 Å². The lowest BCUT2D eigenvalue weighted by molar-refractivity contribution is -0.116. The highest BCUT2D eigenvalue weighted by Gasteiger charge is 2.05. The maximum absolute atomic E-state index is 11.6. The van der Waals surface area contributed by atoms with Gasteiger partial charge in [-0.2, -0.15) is 0 Å². The summed E-state index contributed by atoms with van der Waals surface area (Å²) in [6, 6.07) is 9.36. The summed E-state index contributed by atoms with van der Waals surface area (Å²) >= 11 is 0. The molecule has 128 valence electrons. The van der Waals surface area contributed by atoms with Crippen LogP contribution in [0.2, 0.25) is 0 Å². The largest absolute Gasteiger partial charge is 0.340 e. The molecular formula is C18H20N6O. The van der Waals surface area contributed by atoms with E-state index in [4.69, 9.17) is 0 Å². The highest BCUT2D eigenvalue weighted by atomic mass is 16.1. The van der Waals surface area contributed by atoms with E-state index in [-0.39, 0.29) is 5.91 Å². The number of nitrogens with zero attached hydrogens (tertiary/aromatic N) is 4. The molecule has 25 heavy (non-hydrogen) atoms. The van der Waals surface area contributed by atoms with Gasteiger partial charge in [0.05, 0.1) is 0 Å². The Hall–Kier alpha value is -3.22. The predicted octanol–water partition coefficient (Wildman–Crippen LogP) is 3.45. The summed E-state index contributed by atoms with van der Waals surface area (Å²) in [4.78, 5) is 24.3. The van der Waals surface area contributed by atoms with Gasteiger partial charge in [-0.05, 0) is 37.6 Å². The first kappa shape index (κ1) is 16.6. The van der Waals surface area contributed by atoms with E-state index in [0.29, 0.717) is 12.2 Å². The summed E-state index contributed by atoms with van der Waals surface area (Å²) in [6.45, 7) is 3.90. The summed E-state index contributed by atoms with van der Waals surface area (Å²) in [7, 11) is 0. The normalized spacial score (nSPS) is 10.5. The van der Waals surface area contributed by atoms with E-state index in [2.05, 4.69) is 25.6 Å². The Morgan fingerprint density at radius 1 is 1.12 bits per heavy atom. The fourth-order valence-electron chi connectivity index (χ4n) is 2.40. The van der Waals surface area contributed by atoms with Gasteiger partial charge in [-0.1, -0.05) is 6.92 Å². The molecular weight excluding hydrogens is 316 g/mol. The Morgan fingerprint density at radius 3 is 2.56 bits per heavy atom. The van der Waals surface area contributed by atoms with Crippen LogP contribution in [0.4, 0.5) is 17.2 Å². The van der Waals surface area contributed by atoms with Crippen LogP contribution in [-0.4, -0.2) is 25.4 Å². The van der Waals surface area contributed by atoms with Crippen molar-refractivity contribution in [1.82, 2.24) is 19.5 Å². The van der Waals surface area contributed by atoms with Crippen LogP contribution in [0.25, 0.3) is 5.82 Å². The molecule has 0 saturated heterocycles. The Balaban J connectivity index is 1.70. The van der Waals surface area contributed by atoms with Gasteiger partial charge in [-0.3, -0.25) is 9.36 Å². The van der Waals surface area contributed by atoms with Crippen LogP contribution in [0.5, 0.6) is 0 Å². The van der Waals surface area contributed by atoms with E-state index in [1.165, 1.54) is 6.33 Å². The zero-order valence-electron chi connectivity index (χ0n) is 14.2. The molecule has 0 radical (unpaired) electrons. The molecule has 0 aliphatic rings. The van der Waals surface area contributed by atoms with Gasteiger partial charge in [0.2, 0.25) is 5.91 Å². The number of aryl methyl sites for hydroxylation is 1. The summed E-state index contributed by atoms with van der Waals surface area (Å²) < 4.78 is 1.89. The minimum absolute atomic E-state index is 0.0272. The van der Waals surface area contributed by atoms with Crippen molar-refractivity contribution in [3.05, 3.63) is 54.9 Å². The molecule has 7 heteroatoms. The Kier molecular flexibility index (Phi) is 5.03. The molecule has 0 fully saturated rings. The summed E-state index contributed by atoms with van der Waals surface area (Å²) in [6.07, 6.45) is 6.46. The SMILES string of the molecule is CCCC(=O)Nc1ccc(Nc2cc(-n3ccnc3C)ncn2)cc1. The molecule has 0 atom stereocenters. The molecule has 0 bridgehead atoms. The van der Waals surface area contributed by atoms with Gasteiger partial charge in [0.1, 0.15) is 23.8 Å². The first-order chi connectivity index (χ1) is 12.2. The number of carbonyl (C=O) groups is 1. The van der Waals surface area contributed by atoms with Crippen LogP contribution in [-0.2, 0) is 4.79 Å². The van der Waals surface area contributed by atoms with Gasteiger partial charge in [-0.15, -0.1) is 0 Å². The number of hydrogen-bond acceptors (Lipinski definition) is 5. The molecule has 1 aromatic carbocycles. The Labute approximate surface area is 146 Å². The summed E-state index contributed by atoms with van der Waals surface area (Å²) in [5.74, 6) is 2.31. The minimum Gasteiger partial charge on any atom is -0.340 e. The predicted molar refractivity (Wildman–Crippen MR) is 97.2 cm³/mol. The number of amides is 1. The van der Waals surface area contributed by atoms with Crippen LogP contribution in [0.3, 0.4) is 0 Å². The molecule has 3 aromatic rings. The number of rotatable bonds is 6. The first-order valence-electron chi connectivity index (χ1n) is 8.15. The maximum atomic E-state index is 11.6. The lowest BCUT2D eigenvalue weighted by Gasteiger charge is -2.09. The maximum Gasteiger partial charge on any atom is 0.224 e. The molecule has 2 N–H and O–H groups in total. The Bertz CT molecular complexity index is 856. The van der Waals surface area contributed by atoms with Crippen LogP contribution >= 0.6 is 0 Å². The number of benzene rings is 1. The molecule has 2 aromatic heterocycles. The standard InChI is InChI=1S/C18H20N6O/c1-3-4-18(25)23-15-7-5-14(6-8-15)22-16-11-17(21-12-20-16)24-10-9-19-13(24)2/h5-12H,3-4H2,1-2H3,(H,23,25)(H,20,21,22). The lowest BCUT2D eigenvalue weighted by Crippen LogP contribution is -2.10. The molecule has 3 rings (SSSR count). The van der Waals surface area contributed by atoms with Crippen molar-refractivity contribution >= 4 is 23.1 Å². The van der Waals surface area contributed by atoms with Crippen molar-refractivity contribution in [3.8, 4) is 5.82 Å². The number of anilines is 3. The third kappa shape index (κ3) is 4.20. The van der Waals surface area contributed by atoms with E-state index < -0.39 is 0 Å². The minimum atomic E-state index is 0.0272. The van der Waals surface area contributed by atoms with E-state index in [0.717, 1.165) is 29.4 Å². The van der Waals surface area contributed by atoms with E-state index in [1.54, 1.807) is 6.20 Å². The van der Waals surface area contributed by atoms with Crippen LogP contribution in [0.1, 0.15) is 25.6 Å². The molecule has 0 aliphatic heterocycles. The average Bonchev–Trinajstić information content (AvgIpc) is 3.03. The molecule has 7 nitrogen and oxygen atoms in total. The van der Waals surface area contributed by atoms with Crippen molar-refractivity contribution in [2.45, 2.75) is 26.7 Å². The smallest absolute Gasteiger partial charge is 0.224 e. The topological polar surface area (TPSA) is 84.7 Å². The average molecular weight is 336 g/mol. The fraction of sp³-hybridized carbons (Fsp3) is 0.222. The van der Waals surface area contributed by atoms with Crippen LogP contribution in [0.15, 0.2) is 49.1 Å². The second kappa shape index (κ2) is 7.57. The van der Waals surface area contributed by atoms with Gasteiger partial charge < -0.3 is 10.6 Å². The van der Waals surface area contributed by atoms with Crippen molar-refractivity contribution in [2.24, 2.45) is 0 Å². The lowest BCUT2D eigenvalue weighted by atomic mass is 10.2. The van der Waals surface area contributed by atoms with Crippen molar-refractivity contribution in [1.29, 1.82) is 0 Å². The second-order valence-electron chi connectivity index (χ2n) is 5.61. The third-order valence-electron chi connectivity index (χ3n) is 3.64. The second-order valence-corrected chi connectivity index (χ2v) is 5.61. The fourth-order valence-corrected chi connectivity index (χ4v) is 2.40. The van der Waals surface area contributed by atoms with Gasteiger partial charge >= 0.3 is 0 Å². The van der Waals surface area contributed by atoms with E-state index >= 15 is 0 Å². The van der Waals surface area contributed by atoms with Crippen molar-refractivity contribution in [2.75, 3.05) is 10.6 Å². The highest BCUT2D eigenvalue weighted by molar-refractivity contribution is 5.90. The highest BCUT2D eigenvalue weighted by Crippen LogP contribution is 2.19. The number of nitrogens with one attached hydrogen (secondary N) is 2. The summed E-state index contributed by atoms with van der Waals surface area (Å²) in [5.41, 5.74) is 1.65. The third-order valence-corrected chi connectivity index (χ3v) is 3.64. The number of aromatic nitrogens is 4. The molecule has 2 heterocycles. The molecule has 0 saturated carbocycles. The first-order valence-corrected chi connectivity index (χ1v) is 8.15. The number of hydrogen-bond donors (Lipinski definition) is 2. The molecule has 1 amide bonds. The zero-order chi connectivity index (χ0) is 17.6. The molecule has 0 aliphatic carbocycles. The summed E-state index contributed by atoms with van der Waals surface area (Å²) in [5, 5.41) is 6.10. The van der Waals surface area contributed by atoms with Gasteiger partial charge in [0, 0.05) is 36.3 Å². The molecule has 0 spiro atoms. The van der Waals surface area contributed by atoms with Gasteiger partial charge in [0.25, 0.3) is 0 Å². The van der Waals surface area contributed by atoms with Gasteiger partial charge in [-0.25, -0.2) is 15.0 Å². The van der Waals surface area contributed by atoms with E-state index in [1.807, 2.05) is 54.9 Å².